The molecule has 15 heavy (non-hydrogen) atoms. The topological polar surface area (TPSA) is 51.0 Å². The van der Waals surface area contributed by atoms with E-state index in [0.717, 1.165) is 37.0 Å². The van der Waals surface area contributed by atoms with Gasteiger partial charge < -0.3 is 9.84 Å². The van der Waals surface area contributed by atoms with Gasteiger partial charge in [-0.3, -0.25) is 0 Å². The molecule has 0 bridgehead atoms. The number of nitrogens with one attached hydrogen (secondary N) is 1. The Bertz CT molecular complexity index is 460. The molecule has 1 fully saturated rings. The lowest BCUT2D eigenvalue weighted by molar-refractivity contribution is 0.401. The van der Waals surface area contributed by atoms with Gasteiger partial charge in [-0.1, -0.05) is 5.16 Å². The van der Waals surface area contributed by atoms with E-state index in [0.29, 0.717) is 11.6 Å². The molecule has 0 radical (unpaired) electrons. The van der Waals surface area contributed by atoms with Crippen molar-refractivity contribution in [2.45, 2.75) is 18.8 Å². The molecule has 0 aromatic carbocycles. The second-order valence-electron chi connectivity index (χ2n) is 3.95. The molecular formula is C11H13N3O. The van der Waals surface area contributed by atoms with Crippen molar-refractivity contribution in [1.29, 1.82) is 0 Å². The second kappa shape index (κ2) is 3.62. The molecule has 0 amide bonds. The fraction of sp³-hybridized carbons (Fsp3) is 0.455. The summed E-state index contributed by atoms with van der Waals surface area (Å²) in [5, 5.41) is 8.58. The van der Waals surface area contributed by atoms with Crippen LogP contribution in [-0.4, -0.2) is 23.2 Å². The van der Waals surface area contributed by atoms with Crippen LogP contribution in [0.15, 0.2) is 22.9 Å². The van der Waals surface area contributed by atoms with Gasteiger partial charge in [0.2, 0.25) is 0 Å². The zero-order valence-corrected chi connectivity index (χ0v) is 8.44. The SMILES string of the molecule is c1cnc2onc(C3CCNCC3)c2c1. The number of pyridine rings is 1. The zero-order chi connectivity index (χ0) is 10.1. The summed E-state index contributed by atoms with van der Waals surface area (Å²) in [5.74, 6) is 0.525. The van der Waals surface area contributed by atoms with Gasteiger partial charge in [0, 0.05) is 12.1 Å². The van der Waals surface area contributed by atoms with Crippen LogP contribution < -0.4 is 5.32 Å². The molecule has 4 nitrogen and oxygen atoms in total. The summed E-state index contributed by atoms with van der Waals surface area (Å²) >= 11 is 0. The molecule has 3 heterocycles. The molecule has 1 aliphatic rings. The van der Waals surface area contributed by atoms with Crippen LogP contribution in [-0.2, 0) is 0 Å². The Morgan fingerprint density at radius 1 is 1.33 bits per heavy atom. The van der Waals surface area contributed by atoms with Gasteiger partial charge in [-0.25, -0.2) is 4.98 Å². The van der Waals surface area contributed by atoms with Crippen LogP contribution in [0, 0.1) is 0 Å². The van der Waals surface area contributed by atoms with Gasteiger partial charge in [0.25, 0.3) is 5.71 Å². The van der Waals surface area contributed by atoms with Crippen LogP contribution in [0.5, 0.6) is 0 Å². The second-order valence-corrected chi connectivity index (χ2v) is 3.95. The average molecular weight is 203 g/mol. The lowest BCUT2D eigenvalue weighted by Crippen LogP contribution is -2.26. The highest BCUT2D eigenvalue weighted by Crippen LogP contribution is 2.29. The molecule has 1 saturated heterocycles. The van der Waals surface area contributed by atoms with E-state index in [1.165, 1.54) is 0 Å². The van der Waals surface area contributed by atoms with Crippen molar-refractivity contribution in [1.82, 2.24) is 15.5 Å². The summed E-state index contributed by atoms with van der Waals surface area (Å²) in [6.07, 6.45) is 4.01. The van der Waals surface area contributed by atoms with Crippen molar-refractivity contribution < 1.29 is 4.52 Å². The van der Waals surface area contributed by atoms with Gasteiger partial charge in [0.15, 0.2) is 0 Å². The minimum Gasteiger partial charge on any atom is -0.336 e. The van der Waals surface area contributed by atoms with Crippen LogP contribution in [0.2, 0.25) is 0 Å². The van der Waals surface area contributed by atoms with E-state index >= 15 is 0 Å². The minimum absolute atomic E-state index is 0.525. The molecule has 78 valence electrons. The Labute approximate surface area is 87.7 Å². The van der Waals surface area contributed by atoms with E-state index in [4.69, 9.17) is 4.52 Å². The first-order chi connectivity index (χ1) is 7.45. The standard InChI is InChI=1S/C11H13N3O/c1-2-9-10(8-3-6-12-7-4-8)14-15-11(9)13-5-1/h1-2,5,8,12H,3-4,6-7H2. The van der Waals surface area contributed by atoms with E-state index in [9.17, 15) is 0 Å². The Hall–Kier alpha value is -1.42. The molecule has 3 rings (SSSR count). The average Bonchev–Trinajstić information content (AvgIpc) is 2.74. The van der Waals surface area contributed by atoms with E-state index in [1.54, 1.807) is 6.20 Å². The zero-order valence-electron chi connectivity index (χ0n) is 8.44. The maximum absolute atomic E-state index is 5.22. The molecule has 1 aliphatic heterocycles. The largest absolute Gasteiger partial charge is 0.336 e. The Morgan fingerprint density at radius 2 is 2.20 bits per heavy atom. The number of nitrogens with zero attached hydrogens (tertiary/aromatic N) is 2. The molecule has 0 atom stereocenters. The van der Waals surface area contributed by atoms with E-state index in [1.807, 2.05) is 12.1 Å². The van der Waals surface area contributed by atoms with E-state index < -0.39 is 0 Å². The van der Waals surface area contributed by atoms with Gasteiger partial charge in [-0.15, -0.1) is 0 Å². The quantitative estimate of drug-likeness (QED) is 0.766. The third kappa shape index (κ3) is 1.51. The normalized spacial score (nSPS) is 18.4. The Balaban J connectivity index is 2.02. The van der Waals surface area contributed by atoms with Gasteiger partial charge in [0.05, 0.1) is 11.1 Å². The van der Waals surface area contributed by atoms with Crippen molar-refractivity contribution in [3.05, 3.63) is 24.0 Å². The molecular weight excluding hydrogens is 190 g/mol. The number of piperidine rings is 1. The third-order valence-electron chi connectivity index (χ3n) is 3.00. The van der Waals surface area contributed by atoms with Crippen LogP contribution >= 0.6 is 0 Å². The number of hydrogen-bond donors (Lipinski definition) is 1. The Morgan fingerprint density at radius 3 is 3.07 bits per heavy atom. The minimum atomic E-state index is 0.525. The van der Waals surface area contributed by atoms with Crippen LogP contribution in [0.4, 0.5) is 0 Å². The Kier molecular flexibility index (Phi) is 2.14. The predicted molar refractivity (Wildman–Crippen MR) is 56.6 cm³/mol. The van der Waals surface area contributed by atoms with Gasteiger partial charge in [-0.2, -0.15) is 0 Å². The number of fused-ring (bicyclic) bond motifs is 1. The maximum atomic E-state index is 5.22. The van der Waals surface area contributed by atoms with Crippen molar-refractivity contribution in [2.24, 2.45) is 0 Å². The summed E-state index contributed by atoms with van der Waals surface area (Å²) in [6, 6.07) is 3.97. The van der Waals surface area contributed by atoms with Crippen molar-refractivity contribution in [2.75, 3.05) is 13.1 Å². The lowest BCUT2D eigenvalue weighted by Gasteiger charge is -2.20. The van der Waals surface area contributed by atoms with Crippen molar-refractivity contribution in [3.63, 3.8) is 0 Å². The van der Waals surface area contributed by atoms with Crippen molar-refractivity contribution in [3.8, 4) is 0 Å². The summed E-state index contributed by atoms with van der Waals surface area (Å²) in [5.41, 5.74) is 1.74. The fourth-order valence-electron chi connectivity index (χ4n) is 2.19. The molecule has 4 heteroatoms. The predicted octanol–water partition coefficient (Wildman–Crippen LogP) is 1.69. The number of aromatic nitrogens is 2. The smallest absolute Gasteiger partial charge is 0.257 e. The summed E-state index contributed by atoms with van der Waals surface area (Å²) in [4.78, 5) is 4.15. The first-order valence-electron chi connectivity index (χ1n) is 5.36. The molecule has 1 N–H and O–H groups in total. The first-order valence-corrected chi connectivity index (χ1v) is 5.36. The molecule has 2 aromatic rings. The molecule has 2 aromatic heterocycles. The summed E-state index contributed by atoms with van der Waals surface area (Å²) < 4.78 is 5.22. The third-order valence-corrected chi connectivity index (χ3v) is 3.00. The number of rotatable bonds is 1. The first kappa shape index (κ1) is 8.85. The highest BCUT2D eigenvalue weighted by molar-refractivity contribution is 5.76. The summed E-state index contributed by atoms with van der Waals surface area (Å²) in [6.45, 7) is 2.14. The van der Waals surface area contributed by atoms with Gasteiger partial charge in [-0.05, 0) is 38.1 Å². The fourth-order valence-corrected chi connectivity index (χ4v) is 2.19. The molecule has 0 spiro atoms. The van der Waals surface area contributed by atoms with E-state index in [-0.39, 0.29) is 0 Å². The van der Waals surface area contributed by atoms with E-state index in [2.05, 4.69) is 15.5 Å². The number of hydrogen-bond acceptors (Lipinski definition) is 4. The molecule has 0 unspecified atom stereocenters. The maximum Gasteiger partial charge on any atom is 0.257 e. The summed E-state index contributed by atoms with van der Waals surface area (Å²) in [7, 11) is 0. The highest BCUT2D eigenvalue weighted by Gasteiger charge is 2.21. The van der Waals surface area contributed by atoms with Crippen LogP contribution in [0.3, 0.4) is 0 Å². The monoisotopic (exact) mass is 203 g/mol. The molecule has 0 saturated carbocycles. The van der Waals surface area contributed by atoms with Gasteiger partial charge >= 0.3 is 0 Å². The highest BCUT2D eigenvalue weighted by atomic mass is 16.5. The van der Waals surface area contributed by atoms with Crippen molar-refractivity contribution >= 4 is 11.1 Å². The van der Waals surface area contributed by atoms with Crippen LogP contribution in [0.1, 0.15) is 24.5 Å². The van der Waals surface area contributed by atoms with Crippen LogP contribution in [0.25, 0.3) is 11.1 Å². The lowest BCUT2D eigenvalue weighted by atomic mass is 9.93. The van der Waals surface area contributed by atoms with Gasteiger partial charge in [0.1, 0.15) is 0 Å². The molecule has 0 aliphatic carbocycles.